The van der Waals surface area contributed by atoms with Crippen LogP contribution in [0.2, 0.25) is 0 Å². The van der Waals surface area contributed by atoms with E-state index < -0.39 is 22.5 Å². The first-order valence-electron chi connectivity index (χ1n) is 8.34. The molecular weight excluding hydrogens is 360 g/mol. The van der Waals surface area contributed by atoms with Gasteiger partial charge in [-0.05, 0) is 52.4 Å². The lowest BCUT2D eigenvalue weighted by Crippen LogP contribution is -2.41. The minimum absolute atomic E-state index is 0.0438. The van der Waals surface area contributed by atoms with Crippen LogP contribution in [0.1, 0.15) is 27.0 Å². The largest absolute Gasteiger partial charge is 0.768 e. The Morgan fingerprint density at radius 1 is 0.963 bits per heavy atom. The molecule has 0 radical (unpaired) electrons. The Morgan fingerprint density at radius 2 is 1.56 bits per heavy atom. The monoisotopic (exact) mass is 379 g/mol. The van der Waals surface area contributed by atoms with E-state index >= 15 is 0 Å². The summed E-state index contributed by atoms with van der Waals surface area (Å²) >= 11 is -2.52. The highest BCUT2D eigenvalue weighted by Crippen LogP contribution is 2.35. The van der Waals surface area contributed by atoms with E-state index in [0.717, 1.165) is 11.1 Å². The van der Waals surface area contributed by atoms with Gasteiger partial charge in [-0.15, -0.1) is 0 Å². The summed E-state index contributed by atoms with van der Waals surface area (Å²) in [6.45, 7) is 0. The molecule has 3 aromatic rings. The molecule has 2 atom stereocenters. The van der Waals surface area contributed by atoms with Crippen molar-refractivity contribution in [3.8, 4) is 0 Å². The van der Waals surface area contributed by atoms with Gasteiger partial charge in [0.05, 0.1) is 5.54 Å². The van der Waals surface area contributed by atoms with Gasteiger partial charge in [0.15, 0.2) is 0 Å². The molecule has 0 bridgehead atoms. The normalized spacial score (nSPS) is 14.3. The van der Waals surface area contributed by atoms with Crippen LogP contribution in [0.4, 0.5) is 0 Å². The lowest BCUT2D eigenvalue weighted by atomic mass is 9.78. The average Bonchev–Trinajstić information content (AvgIpc) is 2.68. The molecule has 3 rings (SSSR count). The highest BCUT2D eigenvalue weighted by Gasteiger charge is 2.33. The molecular formula is C21H19N2O3S-. The van der Waals surface area contributed by atoms with Gasteiger partial charge in [-0.3, -0.25) is 9.00 Å². The SMILES string of the molecule is NC(=O)c1ccc(S(=O)[O-])c(C(N)(Cc2ccccc2)c2ccccc2)c1. The lowest BCUT2D eigenvalue weighted by Gasteiger charge is -2.33. The van der Waals surface area contributed by atoms with Gasteiger partial charge in [0, 0.05) is 10.5 Å². The van der Waals surface area contributed by atoms with Crippen molar-refractivity contribution in [2.75, 3.05) is 0 Å². The van der Waals surface area contributed by atoms with Crippen LogP contribution >= 0.6 is 0 Å². The van der Waals surface area contributed by atoms with Crippen molar-refractivity contribution in [1.29, 1.82) is 0 Å². The van der Waals surface area contributed by atoms with Gasteiger partial charge in [0.2, 0.25) is 5.91 Å². The smallest absolute Gasteiger partial charge is 0.248 e. The van der Waals surface area contributed by atoms with E-state index in [2.05, 4.69) is 0 Å². The molecule has 0 heterocycles. The van der Waals surface area contributed by atoms with E-state index in [1.54, 1.807) is 0 Å². The number of nitrogens with two attached hydrogens (primary N) is 2. The topological polar surface area (TPSA) is 109 Å². The fraction of sp³-hybridized carbons (Fsp3) is 0.0952. The number of hydrogen-bond donors (Lipinski definition) is 2. The highest BCUT2D eigenvalue weighted by atomic mass is 32.2. The van der Waals surface area contributed by atoms with Crippen LogP contribution in [0.25, 0.3) is 0 Å². The number of carbonyl (C=O) groups excluding carboxylic acids is 1. The summed E-state index contributed by atoms with van der Waals surface area (Å²) in [5.41, 5.74) is 13.3. The lowest BCUT2D eigenvalue weighted by molar-refractivity contribution is 0.1000. The third-order valence-electron chi connectivity index (χ3n) is 4.54. The Morgan fingerprint density at radius 3 is 2.11 bits per heavy atom. The molecule has 6 heteroatoms. The van der Waals surface area contributed by atoms with Crippen molar-refractivity contribution in [3.05, 3.63) is 101 Å². The Bertz CT molecular complexity index is 977. The summed E-state index contributed by atoms with van der Waals surface area (Å²) in [4.78, 5) is 11.7. The fourth-order valence-corrected chi connectivity index (χ4v) is 3.78. The molecule has 0 fully saturated rings. The molecule has 0 saturated carbocycles. The molecule has 2 unspecified atom stereocenters. The molecule has 3 aromatic carbocycles. The number of benzene rings is 3. The first-order valence-corrected chi connectivity index (χ1v) is 9.41. The van der Waals surface area contributed by atoms with E-state index in [9.17, 15) is 13.6 Å². The second-order valence-electron chi connectivity index (χ2n) is 6.31. The molecule has 27 heavy (non-hydrogen) atoms. The van der Waals surface area contributed by atoms with E-state index in [-0.39, 0.29) is 10.5 Å². The summed E-state index contributed by atoms with van der Waals surface area (Å²) in [7, 11) is 0. The van der Waals surface area contributed by atoms with Crippen molar-refractivity contribution in [2.24, 2.45) is 11.5 Å². The number of primary amides is 1. The van der Waals surface area contributed by atoms with E-state index in [1.807, 2.05) is 60.7 Å². The first-order chi connectivity index (χ1) is 12.9. The number of hydrogen-bond acceptors (Lipinski definition) is 4. The van der Waals surface area contributed by atoms with E-state index in [1.165, 1.54) is 18.2 Å². The second kappa shape index (κ2) is 7.84. The van der Waals surface area contributed by atoms with Gasteiger partial charge >= 0.3 is 0 Å². The van der Waals surface area contributed by atoms with E-state index in [4.69, 9.17) is 11.5 Å². The fourth-order valence-electron chi connectivity index (χ4n) is 3.18. The molecule has 1 amide bonds. The molecule has 4 N–H and O–H groups in total. The summed E-state index contributed by atoms with van der Waals surface area (Å²) < 4.78 is 23.7. The highest BCUT2D eigenvalue weighted by molar-refractivity contribution is 7.79. The maximum absolute atomic E-state index is 11.9. The third kappa shape index (κ3) is 3.98. The molecule has 0 aliphatic heterocycles. The molecule has 0 aromatic heterocycles. The van der Waals surface area contributed by atoms with Crippen LogP contribution in [0.15, 0.2) is 83.8 Å². The van der Waals surface area contributed by atoms with Crippen LogP contribution in [-0.2, 0) is 23.0 Å². The maximum Gasteiger partial charge on any atom is 0.248 e. The molecule has 0 aliphatic carbocycles. The molecule has 0 aliphatic rings. The van der Waals surface area contributed by atoms with Crippen molar-refractivity contribution in [3.63, 3.8) is 0 Å². The van der Waals surface area contributed by atoms with Gasteiger partial charge in [-0.2, -0.15) is 0 Å². The first kappa shape index (κ1) is 19.0. The summed E-state index contributed by atoms with van der Waals surface area (Å²) in [5.74, 6) is -0.644. The summed E-state index contributed by atoms with van der Waals surface area (Å²) in [5, 5.41) is 0. The van der Waals surface area contributed by atoms with Crippen molar-refractivity contribution >= 4 is 17.0 Å². The third-order valence-corrected chi connectivity index (χ3v) is 5.25. The zero-order valence-corrected chi connectivity index (χ0v) is 15.3. The molecule has 5 nitrogen and oxygen atoms in total. The number of amides is 1. The standard InChI is InChI=1S/C21H20N2O3S/c22-20(24)16-11-12-19(27(25)26)18(13-16)21(23,17-9-5-2-6-10-17)14-15-7-3-1-4-8-15/h1-13H,14,23H2,(H2,22,24)(H,25,26)/p-1. The predicted molar refractivity (Wildman–Crippen MR) is 104 cm³/mol. The van der Waals surface area contributed by atoms with Gasteiger partial charge < -0.3 is 16.0 Å². The second-order valence-corrected chi connectivity index (χ2v) is 7.22. The Kier molecular flexibility index (Phi) is 5.51. The quantitative estimate of drug-likeness (QED) is 0.641. The number of rotatable bonds is 6. The van der Waals surface area contributed by atoms with Crippen molar-refractivity contribution < 1.29 is 13.6 Å². The summed E-state index contributed by atoms with van der Waals surface area (Å²) in [6.07, 6.45) is 0.351. The van der Waals surface area contributed by atoms with Crippen LogP contribution in [0.5, 0.6) is 0 Å². The van der Waals surface area contributed by atoms with Crippen molar-refractivity contribution in [1.82, 2.24) is 0 Å². The van der Waals surface area contributed by atoms with Crippen LogP contribution < -0.4 is 11.5 Å². The van der Waals surface area contributed by atoms with Gasteiger partial charge in [-0.1, -0.05) is 60.7 Å². The van der Waals surface area contributed by atoms with Gasteiger partial charge in [0.25, 0.3) is 0 Å². The summed E-state index contributed by atoms with van der Waals surface area (Å²) in [6, 6.07) is 23.0. The van der Waals surface area contributed by atoms with Gasteiger partial charge in [0.1, 0.15) is 0 Å². The minimum atomic E-state index is -2.52. The average molecular weight is 379 g/mol. The van der Waals surface area contributed by atoms with Crippen LogP contribution in [0, 0.1) is 0 Å². The van der Waals surface area contributed by atoms with Crippen LogP contribution in [0.3, 0.4) is 0 Å². The Hall–Kier alpha value is -2.80. The number of carbonyl (C=O) groups is 1. The molecule has 0 spiro atoms. The Labute approximate surface area is 160 Å². The van der Waals surface area contributed by atoms with Crippen molar-refractivity contribution in [2.45, 2.75) is 16.9 Å². The zero-order valence-electron chi connectivity index (χ0n) is 14.5. The van der Waals surface area contributed by atoms with Crippen LogP contribution in [-0.4, -0.2) is 14.7 Å². The van der Waals surface area contributed by atoms with E-state index in [0.29, 0.717) is 12.0 Å². The molecule has 138 valence electrons. The minimum Gasteiger partial charge on any atom is -0.768 e. The Balaban J connectivity index is 2.26. The predicted octanol–water partition coefficient (Wildman–Crippen LogP) is 2.47. The molecule has 0 saturated heterocycles. The zero-order chi connectivity index (χ0) is 19.4. The van der Waals surface area contributed by atoms with Gasteiger partial charge in [-0.25, -0.2) is 0 Å². The maximum atomic E-state index is 11.9.